The molecule has 0 aliphatic carbocycles. The fourth-order valence-electron chi connectivity index (χ4n) is 9.81. The van der Waals surface area contributed by atoms with E-state index in [1.807, 2.05) is 6.08 Å². The van der Waals surface area contributed by atoms with Crippen molar-refractivity contribution in [2.75, 3.05) is 13.2 Å². The molecule has 2 atom stereocenters. The molecule has 6 nitrogen and oxygen atoms in total. The van der Waals surface area contributed by atoms with Crippen LogP contribution in [0.4, 0.5) is 0 Å². The highest BCUT2D eigenvalue weighted by Crippen LogP contribution is 2.18. The van der Waals surface area contributed by atoms with Gasteiger partial charge in [0, 0.05) is 12.8 Å². The Kier molecular flexibility index (Phi) is 57.0. The van der Waals surface area contributed by atoms with Crippen LogP contribution >= 0.6 is 0 Å². The molecular formula is C62H121NO5. The number of unbranched alkanes of at least 4 members (excludes halogenated alkanes) is 47. The molecule has 68 heavy (non-hydrogen) atoms. The van der Waals surface area contributed by atoms with Crippen LogP contribution in [0.3, 0.4) is 0 Å². The van der Waals surface area contributed by atoms with E-state index in [1.165, 1.54) is 283 Å². The van der Waals surface area contributed by atoms with Crippen molar-refractivity contribution in [2.24, 2.45) is 0 Å². The minimum absolute atomic E-state index is 0.0107. The van der Waals surface area contributed by atoms with Gasteiger partial charge in [-0.1, -0.05) is 315 Å². The van der Waals surface area contributed by atoms with Crippen LogP contribution in [0.5, 0.6) is 0 Å². The minimum atomic E-state index is -0.846. The van der Waals surface area contributed by atoms with Crippen LogP contribution in [-0.4, -0.2) is 47.4 Å². The van der Waals surface area contributed by atoms with Gasteiger partial charge in [0.2, 0.25) is 5.91 Å². The molecule has 0 saturated carbocycles. The highest BCUT2D eigenvalue weighted by Gasteiger charge is 2.18. The summed E-state index contributed by atoms with van der Waals surface area (Å²) in [6.45, 7) is 4.93. The highest BCUT2D eigenvalue weighted by atomic mass is 16.5. The summed E-state index contributed by atoms with van der Waals surface area (Å²) < 4.78 is 5.49. The van der Waals surface area contributed by atoms with Crippen LogP contribution in [0, 0.1) is 0 Å². The summed E-state index contributed by atoms with van der Waals surface area (Å²) in [5.41, 5.74) is 0. The Morgan fingerprint density at radius 3 is 1.00 bits per heavy atom. The molecule has 6 heteroatoms. The van der Waals surface area contributed by atoms with Crippen LogP contribution in [0.25, 0.3) is 0 Å². The van der Waals surface area contributed by atoms with Gasteiger partial charge in [-0.05, 0) is 32.1 Å². The van der Waals surface area contributed by atoms with E-state index in [0.717, 1.165) is 38.5 Å². The van der Waals surface area contributed by atoms with Crippen molar-refractivity contribution in [1.29, 1.82) is 0 Å². The number of nitrogens with one attached hydrogen (secondary N) is 1. The van der Waals surface area contributed by atoms with Gasteiger partial charge < -0.3 is 20.3 Å². The molecule has 0 rings (SSSR count). The first-order valence-corrected chi connectivity index (χ1v) is 31.0. The molecule has 0 radical (unpaired) electrons. The SMILES string of the molecule is CCCCCCCCCCCCCCCCC/C=C/C(O)C(CO)NC(=O)CCCCCCCCCCCCCCCCCCCCOC(=O)CCCCCCCCCCCCCCCCCC. The molecule has 0 heterocycles. The van der Waals surface area contributed by atoms with E-state index < -0.39 is 12.1 Å². The lowest BCUT2D eigenvalue weighted by molar-refractivity contribution is -0.143. The molecule has 404 valence electrons. The monoisotopic (exact) mass is 960 g/mol. The van der Waals surface area contributed by atoms with Gasteiger partial charge in [0.1, 0.15) is 0 Å². The number of esters is 1. The Bertz CT molecular complexity index is 1020. The third-order valence-electron chi connectivity index (χ3n) is 14.6. The van der Waals surface area contributed by atoms with Crippen molar-refractivity contribution < 1.29 is 24.5 Å². The summed E-state index contributed by atoms with van der Waals surface area (Å²) >= 11 is 0. The fraction of sp³-hybridized carbons (Fsp3) is 0.935. The van der Waals surface area contributed by atoms with E-state index in [0.29, 0.717) is 19.4 Å². The molecule has 0 saturated heterocycles. The Hall–Kier alpha value is -1.40. The zero-order valence-corrected chi connectivity index (χ0v) is 46.1. The van der Waals surface area contributed by atoms with E-state index >= 15 is 0 Å². The van der Waals surface area contributed by atoms with Crippen LogP contribution < -0.4 is 5.32 Å². The van der Waals surface area contributed by atoms with E-state index in [1.54, 1.807) is 6.08 Å². The van der Waals surface area contributed by atoms with Gasteiger partial charge in [-0.2, -0.15) is 0 Å². The second-order valence-corrected chi connectivity index (χ2v) is 21.4. The zero-order chi connectivity index (χ0) is 49.3. The molecule has 0 aromatic rings. The molecule has 0 aliphatic heterocycles. The van der Waals surface area contributed by atoms with Gasteiger partial charge in [-0.25, -0.2) is 0 Å². The standard InChI is InChI=1S/C62H121NO5/c1-3-5-7-9-11-13-15-17-19-23-26-30-34-38-42-46-50-54-60(65)59(58-64)63-61(66)55-51-47-43-39-35-31-27-24-21-22-25-29-33-37-41-45-49-53-57-68-62(67)56-52-48-44-40-36-32-28-20-18-16-14-12-10-8-6-4-2/h50,54,59-60,64-65H,3-49,51-53,55-58H2,1-2H3,(H,63,66)/b54-50+. The maximum absolute atomic E-state index is 12.5. The Morgan fingerprint density at radius 2 is 0.676 bits per heavy atom. The molecule has 0 fully saturated rings. The molecule has 0 bridgehead atoms. The van der Waals surface area contributed by atoms with Crippen molar-refractivity contribution in [3.63, 3.8) is 0 Å². The highest BCUT2D eigenvalue weighted by molar-refractivity contribution is 5.76. The summed E-state index contributed by atoms with van der Waals surface area (Å²) in [6, 6.07) is -0.630. The summed E-state index contributed by atoms with van der Waals surface area (Å²) in [6.07, 6.45) is 69.6. The van der Waals surface area contributed by atoms with E-state index in [9.17, 15) is 19.8 Å². The lowest BCUT2D eigenvalue weighted by atomic mass is 10.0. The topological polar surface area (TPSA) is 95.9 Å². The lowest BCUT2D eigenvalue weighted by Gasteiger charge is -2.20. The lowest BCUT2D eigenvalue weighted by Crippen LogP contribution is -2.45. The number of aliphatic hydroxyl groups is 2. The maximum Gasteiger partial charge on any atom is 0.305 e. The number of carbonyl (C=O) groups is 2. The van der Waals surface area contributed by atoms with Crippen LogP contribution in [0.1, 0.15) is 348 Å². The van der Waals surface area contributed by atoms with Crippen LogP contribution in [-0.2, 0) is 14.3 Å². The second kappa shape index (κ2) is 58.2. The Labute approximate surface area is 425 Å². The van der Waals surface area contributed by atoms with E-state index in [2.05, 4.69) is 19.2 Å². The van der Waals surface area contributed by atoms with E-state index in [4.69, 9.17) is 4.74 Å². The number of allylic oxidation sites excluding steroid dienone is 1. The molecule has 0 aromatic carbocycles. The Morgan fingerprint density at radius 1 is 0.397 bits per heavy atom. The zero-order valence-electron chi connectivity index (χ0n) is 46.1. The van der Waals surface area contributed by atoms with Crippen molar-refractivity contribution >= 4 is 11.9 Å². The fourth-order valence-corrected chi connectivity index (χ4v) is 9.81. The predicted octanol–water partition coefficient (Wildman–Crippen LogP) is 19.2. The molecule has 1 amide bonds. The molecule has 0 aliphatic rings. The van der Waals surface area contributed by atoms with Gasteiger partial charge >= 0.3 is 5.97 Å². The summed E-state index contributed by atoms with van der Waals surface area (Å²) in [5.74, 6) is -0.0582. The van der Waals surface area contributed by atoms with Crippen molar-refractivity contribution in [3.8, 4) is 0 Å². The number of hydrogen-bond acceptors (Lipinski definition) is 5. The number of ether oxygens (including phenoxy) is 1. The largest absolute Gasteiger partial charge is 0.466 e. The molecule has 0 spiro atoms. The molecule has 2 unspecified atom stereocenters. The molecule has 3 N–H and O–H groups in total. The first-order chi connectivity index (χ1) is 33.5. The van der Waals surface area contributed by atoms with Crippen molar-refractivity contribution in [2.45, 2.75) is 360 Å². The smallest absolute Gasteiger partial charge is 0.305 e. The summed E-state index contributed by atoms with van der Waals surface area (Å²) in [7, 11) is 0. The summed E-state index contributed by atoms with van der Waals surface area (Å²) in [5, 5.41) is 23.2. The van der Waals surface area contributed by atoms with E-state index in [-0.39, 0.29) is 18.5 Å². The van der Waals surface area contributed by atoms with Gasteiger partial charge in [-0.3, -0.25) is 9.59 Å². The minimum Gasteiger partial charge on any atom is -0.466 e. The third-order valence-corrected chi connectivity index (χ3v) is 14.6. The number of amides is 1. The molecule has 0 aromatic heterocycles. The van der Waals surface area contributed by atoms with Gasteiger partial charge in [0.15, 0.2) is 0 Å². The van der Waals surface area contributed by atoms with Crippen molar-refractivity contribution in [3.05, 3.63) is 12.2 Å². The number of rotatable bonds is 58. The van der Waals surface area contributed by atoms with Crippen molar-refractivity contribution in [1.82, 2.24) is 5.32 Å². The first kappa shape index (κ1) is 66.6. The van der Waals surface area contributed by atoms with Gasteiger partial charge in [0.25, 0.3) is 0 Å². The Balaban J connectivity index is 3.41. The van der Waals surface area contributed by atoms with Gasteiger partial charge in [0.05, 0.1) is 25.4 Å². The predicted molar refractivity (Wildman–Crippen MR) is 297 cm³/mol. The molecular weight excluding hydrogens is 839 g/mol. The average Bonchev–Trinajstić information content (AvgIpc) is 3.34. The summed E-state index contributed by atoms with van der Waals surface area (Å²) in [4.78, 5) is 24.6. The average molecular weight is 961 g/mol. The number of hydrogen-bond donors (Lipinski definition) is 3. The van der Waals surface area contributed by atoms with Gasteiger partial charge in [-0.15, -0.1) is 0 Å². The first-order valence-electron chi connectivity index (χ1n) is 31.0. The third kappa shape index (κ3) is 53.9. The second-order valence-electron chi connectivity index (χ2n) is 21.4. The number of carbonyl (C=O) groups excluding carboxylic acids is 2. The maximum atomic E-state index is 12.5. The van der Waals surface area contributed by atoms with Crippen LogP contribution in [0.15, 0.2) is 12.2 Å². The van der Waals surface area contributed by atoms with Crippen LogP contribution in [0.2, 0.25) is 0 Å². The normalized spacial score (nSPS) is 12.6. The number of aliphatic hydroxyl groups excluding tert-OH is 2. The quantitative estimate of drug-likeness (QED) is 0.0321.